The zero-order valence-corrected chi connectivity index (χ0v) is 12.2. The number of hydrogen-bond acceptors (Lipinski definition) is 3. The van der Waals surface area contributed by atoms with Gasteiger partial charge >= 0.3 is 0 Å². The van der Waals surface area contributed by atoms with Crippen LogP contribution in [-0.4, -0.2) is 25.2 Å². The molecule has 2 aromatic rings. The number of carbonyl (C=O) groups is 1. The van der Waals surface area contributed by atoms with Crippen LogP contribution in [0.5, 0.6) is 0 Å². The fourth-order valence-corrected chi connectivity index (χ4v) is 2.11. The van der Waals surface area contributed by atoms with Gasteiger partial charge in [0.25, 0.3) is 0 Å². The summed E-state index contributed by atoms with van der Waals surface area (Å²) < 4.78 is 3.85. The normalized spacial score (nSPS) is 11.0. The smallest absolute Gasteiger partial charge is 0.220 e. The molecule has 0 unspecified atom stereocenters. The summed E-state index contributed by atoms with van der Waals surface area (Å²) in [5, 5.41) is 6.99. The molecule has 6 nitrogen and oxygen atoms in total. The molecule has 6 heteroatoms. The van der Waals surface area contributed by atoms with Crippen LogP contribution in [0.15, 0.2) is 24.7 Å². The van der Waals surface area contributed by atoms with Crippen molar-refractivity contribution >= 4 is 5.91 Å². The molecule has 0 spiro atoms. The number of nitrogens with zero attached hydrogens (tertiary/aromatic N) is 4. The third kappa shape index (κ3) is 3.46. The van der Waals surface area contributed by atoms with Crippen LogP contribution < -0.4 is 5.32 Å². The molecule has 0 aliphatic rings. The number of carbonyl (C=O) groups excluding carboxylic acids is 1. The Kier molecular flexibility index (Phi) is 4.55. The Hall–Kier alpha value is -2.11. The summed E-state index contributed by atoms with van der Waals surface area (Å²) in [7, 11) is 1.88. The maximum atomic E-state index is 11.8. The van der Waals surface area contributed by atoms with Crippen molar-refractivity contribution in [3.8, 4) is 0 Å². The monoisotopic (exact) mass is 275 g/mol. The molecule has 0 aliphatic carbocycles. The van der Waals surface area contributed by atoms with Gasteiger partial charge in [0.05, 0.1) is 6.54 Å². The van der Waals surface area contributed by atoms with Gasteiger partial charge < -0.3 is 9.88 Å². The van der Waals surface area contributed by atoms with Gasteiger partial charge in [0.15, 0.2) is 0 Å². The van der Waals surface area contributed by atoms with Crippen LogP contribution in [0.25, 0.3) is 0 Å². The van der Waals surface area contributed by atoms with E-state index >= 15 is 0 Å². The first-order valence-electron chi connectivity index (χ1n) is 6.83. The third-order valence-corrected chi connectivity index (χ3v) is 3.28. The van der Waals surface area contributed by atoms with Crippen molar-refractivity contribution < 1.29 is 4.79 Å². The highest BCUT2D eigenvalue weighted by Crippen LogP contribution is 2.07. The van der Waals surface area contributed by atoms with Crippen LogP contribution in [0.2, 0.25) is 0 Å². The average Bonchev–Trinajstić information content (AvgIpc) is 3.02. The van der Waals surface area contributed by atoms with Crippen molar-refractivity contribution in [3.05, 3.63) is 36.2 Å². The zero-order valence-electron chi connectivity index (χ0n) is 12.2. The molecule has 1 N–H and O–H groups in total. The van der Waals surface area contributed by atoms with E-state index in [9.17, 15) is 4.79 Å². The van der Waals surface area contributed by atoms with E-state index in [1.165, 1.54) is 0 Å². The molecule has 0 radical (unpaired) electrons. The summed E-state index contributed by atoms with van der Waals surface area (Å²) in [6.45, 7) is 4.65. The quantitative estimate of drug-likeness (QED) is 0.867. The van der Waals surface area contributed by atoms with E-state index in [2.05, 4.69) is 33.8 Å². The third-order valence-electron chi connectivity index (χ3n) is 3.28. The fourth-order valence-electron chi connectivity index (χ4n) is 2.11. The van der Waals surface area contributed by atoms with Crippen LogP contribution >= 0.6 is 0 Å². The molecule has 0 saturated carbocycles. The number of hydrogen-bond donors (Lipinski definition) is 1. The topological polar surface area (TPSA) is 64.7 Å². The maximum Gasteiger partial charge on any atom is 0.220 e. The number of amides is 1. The molecular formula is C14H21N5O. The standard InChI is InChI=1S/C14H21N5O/c1-11(2)19-9-8-15-13(19)10-16-14(20)5-4-12-6-7-17-18(12)3/h6-9,11H,4-5,10H2,1-3H3,(H,16,20). The molecule has 0 atom stereocenters. The highest BCUT2D eigenvalue weighted by atomic mass is 16.1. The second kappa shape index (κ2) is 6.36. The Bertz CT molecular complexity index is 570. The average molecular weight is 275 g/mol. The lowest BCUT2D eigenvalue weighted by molar-refractivity contribution is -0.121. The van der Waals surface area contributed by atoms with Gasteiger partial charge in [-0.05, 0) is 26.3 Å². The van der Waals surface area contributed by atoms with Gasteiger partial charge in [0.2, 0.25) is 5.91 Å². The largest absolute Gasteiger partial charge is 0.349 e. The molecule has 0 bridgehead atoms. The van der Waals surface area contributed by atoms with E-state index < -0.39 is 0 Å². The van der Waals surface area contributed by atoms with Gasteiger partial charge in [-0.25, -0.2) is 4.98 Å². The van der Waals surface area contributed by atoms with Gasteiger partial charge in [-0.3, -0.25) is 9.48 Å². The first-order chi connectivity index (χ1) is 9.58. The van der Waals surface area contributed by atoms with Gasteiger partial charge in [0, 0.05) is 43.8 Å². The first-order valence-corrected chi connectivity index (χ1v) is 6.83. The van der Waals surface area contributed by atoms with Crippen molar-refractivity contribution in [1.29, 1.82) is 0 Å². The molecule has 2 heterocycles. The summed E-state index contributed by atoms with van der Waals surface area (Å²) in [6.07, 6.45) is 6.59. The molecular weight excluding hydrogens is 254 g/mol. The SMILES string of the molecule is CC(C)n1ccnc1CNC(=O)CCc1ccnn1C. The Balaban J connectivity index is 1.80. The molecule has 108 valence electrons. The van der Waals surface area contributed by atoms with E-state index in [0.29, 0.717) is 25.4 Å². The van der Waals surface area contributed by atoms with Gasteiger partial charge in [-0.1, -0.05) is 0 Å². The molecule has 0 fully saturated rings. The second-order valence-corrected chi connectivity index (χ2v) is 5.07. The van der Waals surface area contributed by atoms with E-state index in [-0.39, 0.29) is 5.91 Å². The van der Waals surface area contributed by atoms with E-state index in [1.807, 2.05) is 19.3 Å². The minimum Gasteiger partial charge on any atom is -0.349 e. The summed E-state index contributed by atoms with van der Waals surface area (Å²) in [4.78, 5) is 16.1. The van der Waals surface area contributed by atoms with Crippen molar-refractivity contribution in [2.75, 3.05) is 0 Å². The Morgan fingerprint density at radius 1 is 1.40 bits per heavy atom. The highest BCUT2D eigenvalue weighted by Gasteiger charge is 2.08. The molecule has 2 rings (SSSR count). The van der Waals surface area contributed by atoms with E-state index in [1.54, 1.807) is 17.1 Å². The summed E-state index contributed by atoms with van der Waals surface area (Å²) in [5.41, 5.74) is 1.06. The van der Waals surface area contributed by atoms with Crippen molar-refractivity contribution in [3.63, 3.8) is 0 Å². The predicted molar refractivity (Wildman–Crippen MR) is 76.0 cm³/mol. The van der Waals surface area contributed by atoms with Crippen LogP contribution in [0.3, 0.4) is 0 Å². The molecule has 0 aromatic carbocycles. The van der Waals surface area contributed by atoms with Crippen molar-refractivity contribution in [2.45, 2.75) is 39.3 Å². The van der Waals surface area contributed by atoms with Gasteiger partial charge in [-0.2, -0.15) is 5.10 Å². The van der Waals surface area contributed by atoms with Crippen LogP contribution in [-0.2, 0) is 24.8 Å². The van der Waals surface area contributed by atoms with Crippen LogP contribution in [0.4, 0.5) is 0 Å². The maximum absolute atomic E-state index is 11.8. The lowest BCUT2D eigenvalue weighted by Gasteiger charge is -2.12. The first kappa shape index (κ1) is 14.3. The Labute approximate surface area is 118 Å². The number of aromatic nitrogens is 4. The van der Waals surface area contributed by atoms with Crippen LogP contribution in [0.1, 0.15) is 37.8 Å². The lowest BCUT2D eigenvalue weighted by Crippen LogP contribution is -2.25. The summed E-state index contributed by atoms with van der Waals surface area (Å²) in [6, 6.07) is 2.28. The zero-order chi connectivity index (χ0) is 14.5. The number of rotatable bonds is 6. The predicted octanol–water partition coefficient (Wildman–Crippen LogP) is 1.45. The number of nitrogens with one attached hydrogen (secondary N) is 1. The fraction of sp³-hybridized carbons (Fsp3) is 0.500. The van der Waals surface area contributed by atoms with Crippen molar-refractivity contribution in [1.82, 2.24) is 24.6 Å². The highest BCUT2D eigenvalue weighted by molar-refractivity contribution is 5.75. The molecule has 20 heavy (non-hydrogen) atoms. The summed E-state index contributed by atoms with van der Waals surface area (Å²) in [5.74, 6) is 0.915. The number of imidazole rings is 1. The molecule has 0 aliphatic heterocycles. The van der Waals surface area contributed by atoms with Gasteiger partial charge in [-0.15, -0.1) is 0 Å². The molecule has 0 saturated heterocycles. The van der Waals surface area contributed by atoms with E-state index in [4.69, 9.17) is 0 Å². The Morgan fingerprint density at radius 3 is 2.85 bits per heavy atom. The van der Waals surface area contributed by atoms with Gasteiger partial charge in [0.1, 0.15) is 5.82 Å². The molecule has 1 amide bonds. The van der Waals surface area contributed by atoms with Crippen molar-refractivity contribution in [2.24, 2.45) is 7.05 Å². The lowest BCUT2D eigenvalue weighted by atomic mass is 10.2. The van der Waals surface area contributed by atoms with E-state index in [0.717, 1.165) is 11.5 Å². The molecule has 2 aromatic heterocycles. The minimum atomic E-state index is 0.0320. The minimum absolute atomic E-state index is 0.0320. The Morgan fingerprint density at radius 2 is 2.20 bits per heavy atom. The summed E-state index contributed by atoms with van der Waals surface area (Å²) >= 11 is 0. The van der Waals surface area contributed by atoms with Crippen LogP contribution in [0, 0.1) is 0 Å². The second-order valence-electron chi connectivity index (χ2n) is 5.07. The number of aryl methyl sites for hydroxylation is 2.